The second-order valence-corrected chi connectivity index (χ2v) is 12.1. The average Bonchev–Trinajstić information content (AvgIpc) is 3.19. The maximum atomic E-state index is 14.6. The SMILES string of the molecule is CCS(=O)(=O)N1C2CCCCC2C(c2ccc(C(=N)N)cc2)C1(C)C(=O)N(C(=O)CN)c1ccccc1. The largest absolute Gasteiger partial charge is 0.384 e. The molecule has 10 heteroatoms. The lowest BCUT2D eigenvalue weighted by Gasteiger charge is -2.41. The minimum absolute atomic E-state index is 0.0775. The number of nitrogen functional groups attached to an aromatic ring is 1. The van der Waals surface area contributed by atoms with E-state index < -0.39 is 39.8 Å². The summed E-state index contributed by atoms with van der Waals surface area (Å²) in [6.45, 7) is 2.83. The Hall–Kier alpha value is -3.08. The van der Waals surface area contributed by atoms with Crippen LogP contribution in [-0.2, 0) is 19.6 Å². The van der Waals surface area contributed by atoms with Gasteiger partial charge in [0.05, 0.1) is 18.0 Å². The second-order valence-electron chi connectivity index (χ2n) is 9.95. The van der Waals surface area contributed by atoms with E-state index in [1.807, 2.05) is 12.1 Å². The summed E-state index contributed by atoms with van der Waals surface area (Å²) in [6.07, 6.45) is 3.20. The molecule has 2 aromatic carbocycles. The molecule has 1 saturated heterocycles. The molecule has 198 valence electrons. The number of hydrogen-bond donors (Lipinski definition) is 3. The first kappa shape index (κ1) is 27.0. The van der Waals surface area contributed by atoms with Crippen molar-refractivity contribution < 1.29 is 18.0 Å². The van der Waals surface area contributed by atoms with Gasteiger partial charge in [0, 0.05) is 17.5 Å². The molecule has 1 aliphatic heterocycles. The molecule has 4 rings (SSSR count). The summed E-state index contributed by atoms with van der Waals surface area (Å²) in [5, 5.41) is 7.75. The van der Waals surface area contributed by atoms with E-state index in [9.17, 15) is 18.0 Å². The summed E-state index contributed by atoms with van der Waals surface area (Å²) in [6, 6.07) is 15.2. The van der Waals surface area contributed by atoms with Crippen molar-refractivity contribution in [3.8, 4) is 0 Å². The highest BCUT2D eigenvalue weighted by atomic mass is 32.2. The van der Waals surface area contributed by atoms with Gasteiger partial charge in [0.2, 0.25) is 15.9 Å². The van der Waals surface area contributed by atoms with E-state index in [4.69, 9.17) is 16.9 Å². The summed E-state index contributed by atoms with van der Waals surface area (Å²) in [5.74, 6) is -2.08. The number of amidine groups is 1. The van der Waals surface area contributed by atoms with Gasteiger partial charge in [-0.05, 0) is 50.3 Å². The van der Waals surface area contributed by atoms with Crippen LogP contribution in [0.3, 0.4) is 0 Å². The van der Waals surface area contributed by atoms with Crippen LogP contribution in [0.2, 0.25) is 0 Å². The Morgan fingerprint density at radius 3 is 2.27 bits per heavy atom. The number of nitrogens with one attached hydrogen (secondary N) is 1. The number of para-hydroxylation sites is 1. The lowest BCUT2D eigenvalue weighted by molar-refractivity contribution is -0.131. The molecule has 4 unspecified atom stereocenters. The number of benzene rings is 2. The van der Waals surface area contributed by atoms with Gasteiger partial charge >= 0.3 is 0 Å². The van der Waals surface area contributed by atoms with E-state index in [1.165, 1.54) is 4.31 Å². The number of fused-ring (bicyclic) bond motifs is 1. The van der Waals surface area contributed by atoms with Crippen molar-refractivity contribution in [1.82, 2.24) is 4.31 Å². The fraction of sp³-hybridized carbons (Fsp3) is 0.444. The van der Waals surface area contributed by atoms with Crippen LogP contribution >= 0.6 is 0 Å². The highest BCUT2D eigenvalue weighted by Crippen LogP contribution is 2.56. The molecule has 2 fully saturated rings. The molecule has 1 aliphatic carbocycles. The molecule has 5 N–H and O–H groups in total. The summed E-state index contributed by atoms with van der Waals surface area (Å²) >= 11 is 0. The van der Waals surface area contributed by atoms with E-state index in [0.717, 1.165) is 29.7 Å². The number of amides is 2. The molecule has 9 nitrogen and oxygen atoms in total. The maximum absolute atomic E-state index is 14.6. The first-order valence-corrected chi connectivity index (χ1v) is 14.3. The number of rotatable bonds is 7. The molecule has 1 saturated carbocycles. The van der Waals surface area contributed by atoms with Gasteiger partial charge in [0.25, 0.3) is 5.91 Å². The first-order chi connectivity index (χ1) is 17.6. The second kappa shape index (κ2) is 10.4. The van der Waals surface area contributed by atoms with Crippen LogP contribution in [0.25, 0.3) is 0 Å². The van der Waals surface area contributed by atoms with Gasteiger partial charge in [-0.25, -0.2) is 13.3 Å². The highest BCUT2D eigenvalue weighted by Gasteiger charge is 2.65. The first-order valence-electron chi connectivity index (χ1n) is 12.7. The monoisotopic (exact) mass is 525 g/mol. The topological polar surface area (TPSA) is 151 Å². The molecular weight excluding hydrogens is 490 g/mol. The number of carbonyl (C=O) groups is 2. The van der Waals surface area contributed by atoms with Crippen molar-refractivity contribution in [1.29, 1.82) is 5.41 Å². The third-order valence-corrected chi connectivity index (χ3v) is 9.87. The minimum atomic E-state index is -3.84. The quantitative estimate of drug-likeness (QED) is 0.373. The zero-order valence-electron chi connectivity index (χ0n) is 21.3. The zero-order valence-corrected chi connectivity index (χ0v) is 22.1. The number of nitrogens with zero attached hydrogens (tertiary/aromatic N) is 2. The van der Waals surface area contributed by atoms with Gasteiger partial charge in [0.1, 0.15) is 11.4 Å². The van der Waals surface area contributed by atoms with Crippen LogP contribution in [0.1, 0.15) is 56.6 Å². The highest BCUT2D eigenvalue weighted by molar-refractivity contribution is 7.89. The van der Waals surface area contributed by atoms with E-state index >= 15 is 0 Å². The summed E-state index contributed by atoms with van der Waals surface area (Å²) < 4.78 is 28.8. The molecular formula is C27H35N5O4S. The molecule has 0 spiro atoms. The van der Waals surface area contributed by atoms with Crippen molar-refractivity contribution in [2.24, 2.45) is 17.4 Å². The molecule has 1 heterocycles. The van der Waals surface area contributed by atoms with Crippen molar-refractivity contribution in [3.05, 3.63) is 65.7 Å². The van der Waals surface area contributed by atoms with E-state index in [-0.39, 0.29) is 23.5 Å². The fourth-order valence-corrected chi connectivity index (χ4v) is 8.01. The van der Waals surface area contributed by atoms with Crippen molar-refractivity contribution in [3.63, 3.8) is 0 Å². The molecule has 0 aromatic heterocycles. The number of imide groups is 1. The van der Waals surface area contributed by atoms with Crippen molar-refractivity contribution in [2.45, 2.75) is 57.0 Å². The van der Waals surface area contributed by atoms with Gasteiger partial charge < -0.3 is 11.5 Å². The standard InChI is InChI=1S/C27H35N5O4S/c1-3-37(35,36)32-22-12-8-7-11-21(22)24(18-13-15-19(16-14-18)25(29)30)27(32,2)26(34)31(23(33)17-28)20-9-5-4-6-10-20/h4-6,9-10,13-16,21-22,24H,3,7-8,11-12,17,28H2,1-2H3,(H3,29,30). The fourth-order valence-electron chi connectivity index (χ4n) is 6.29. The average molecular weight is 526 g/mol. The van der Waals surface area contributed by atoms with E-state index in [0.29, 0.717) is 17.7 Å². The lowest BCUT2D eigenvalue weighted by atomic mass is 9.70. The van der Waals surface area contributed by atoms with Gasteiger partial charge in [-0.2, -0.15) is 4.31 Å². The van der Waals surface area contributed by atoms with Crippen molar-refractivity contribution in [2.75, 3.05) is 17.2 Å². The Morgan fingerprint density at radius 1 is 1.08 bits per heavy atom. The zero-order chi connectivity index (χ0) is 27.0. The maximum Gasteiger partial charge on any atom is 0.255 e. The van der Waals surface area contributed by atoms with Crippen LogP contribution < -0.4 is 16.4 Å². The van der Waals surface area contributed by atoms with Crippen LogP contribution in [-0.4, -0.2) is 54.3 Å². The van der Waals surface area contributed by atoms with Crippen LogP contribution in [0.5, 0.6) is 0 Å². The Balaban J connectivity index is 1.96. The number of anilines is 1. The number of nitrogens with two attached hydrogens (primary N) is 2. The summed E-state index contributed by atoms with van der Waals surface area (Å²) in [5.41, 5.74) is 11.5. The predicted molar refractivity (Wildman–Crippen MR) is 144 cm³/mol. The smallest absolute Gasteiger partial charge is 0.255 e. The predicted octanol–water partition coefficient (Wildman–Crippen LogP) is 2.56. The Kier molecular flexibility index (Phi) is 7.55. The van der Waals surface area contributed by atoms with Crippen LogP contribution in [0.15, 0.2) is 54.6 Å². The lowest BCUT2D eigenvalue weighted by Crippen LogP contribution is -2.62. The Bertz CT molecular complexity index is 1280. The molecule has 0 bridgehead atoms. The van der Waals surface area contributed by atoms with Crippen molar-refractivity contribution >= 4 is 33.4 Å². The molecule has 2 amide bonds. The third kappa shape index (κ3) is 4.58. The van der Waals surface area contributed by atoms with E-state index in [2.05, 4.69) is 0 Å². The molecule has 37 heavy (non-hydrogen) atoms. The molecule has 2 aromatic rings. The third-order valence-electron chi connectivity index (χ3n) is 7.89. The Morgan fingerprint density at radius 2 is 1.70 bits per heavy atom. The summed E-state index contributed by atoms with van der Waals surface area (Å²) in [4.78, 5) is 28.8. The summed E-state index contributed by atoms with van der Waals surface area (Å²) in [7, 11) is -3.84. The molecule has 4 atom stereocenters. The number of hydrogen-bond acceptors (Lipinski definition) is 6. The van der Waals surface area contributed by atoms with Gasteiger partial charge in [-0.3, -0.25) is 15.0 Å². The van der Waals surface area contributed by atoms with Gasteiger partial charge in [-0.1, -0.05) is 55.3 Å². The Labute approximate surface area is 218 Å². The molecule has 0 radical (unpaired) electrons. The molecule has 2 aliphatic rings. The number of sulfonamides is 1. The minimum Gasteiger partial charge on any atom is -0.384 e. The van der Waals surface area contributed by atoms with Gasteiger partial charge in [-0.15, -0.1) is 0 Å². The van der Waals surface area contributed by atoms with Crippen LogP contribution in [0, 0.1) is 11.3 Å². The van der Waals surface area contributed by atoms with E-state index in [1.54, 1.807) is 56.3 Å². The van der Waals surface area contributed by atoms with Crippen LogP contribution in [0.4, 0.5) is 5.69 Å². The normalized spacial score (nSPS) is 25.9. The number of carbonyl (C=O) groups excluding carboxylic acids is 2. The van der Waals surface area contributed by atoms with Gasteiger partial charge in [0.15, 0.2) is 0 Å².